The minimum Gasteiger partial charge on any atom is -0.825 e. The highest BCUT2D eigenvalue weighted by Gasteiger charge is 2.13. The van der Waals surface area contributed by atoms with E-state index in [1.54, 1.807) is 11.6 Å². The van der Waals surface area contributed by atoms with Crippen molar-refractivity contribution in [2.75, 3.05) is 0 Å². The van der Waals surface area contributed by atoms with Crippen LogP contribution in [0.2, 0.25) is 0 Å². The van der Waals surface area contributed by atoms with Gasteiger partial charge in [-0.05, 0) is 18.9 Å². The minimum absolute atomic E-state index is 0.277. The average molecular weight is 178 g/mol. The Bertz CT molecular complexity index is 474. The molecule has 2 aromatic heterocycles. The third-order valence-corrected chi connectivity index (χ3v) is 1.99. The summed E-state index contributed by atoms with van der Waals surface area (Å²) in [5.41, 5.74) is 1.81. The molecule has 0 aromatic carbocycles. The standard InChI is InChI=1S/C8H10N4O/c1-5-4-6(2)12-7(9-5)11(3)8(13)10-12/h4H,1-3H3. The Morgan fingerprint density at radius 2 is 2.15 bits per heavy atom. The third kappa shape index (κ3) is 1.04. The van der Waals surface area contributed by atoms with Gasteiger partial charge in [-0.15, -0.1) is 4.98 Å². The number of aromatic nitrogens is 4. The van der Waals surface area contributed by atoms with Gasteiger partial charge in [0.1, 0.15) is 11.4 Å². The van der Waals surface area contributed by atoms with Crippen LogP contribution in [0.15, 0.2) is 6.07 Å². The molecule has 0 fully saturated rings. The lowest BCUT2D eigenvalue weighted by Gasteiger charge is -1.93. The van der Waals surface area contributed by atoms with E-state index in [0.717, 1.165) is 11.4 Å². The quantitative estimate of drug-likeness (QED) is 0.498. The van der Waals surface area contributed by atoms with Crippen molar-refractivity contribution >= 4 is 5.78 Å². The van der Waals surface area contributed by atoms with Gasteiger partial charge in [0.15, 0.2) is 0 Å². The van der Waals surface area contributed by atoms with Crippen molar-refractivity contribution in [2.45, 2.75) is 13.8 Å². The van der Waals surface area contributed by atoms with Crippen molar-refractivity contribution in [2.24, 2.45) is 7.05 Å². The van der Waals surface area contributed by atoms with Gasteiger partial charge in [-0.25, -0.2) is 4.57 Å². The predicted octanol–water partition coefficient (Wildman–Crippen LogP) is -0.756. The maximum atomic E-state index is 11.2. The van der Waals surface area contributed by atoms with E-state index >= 15 is 0 Å². The van der Waals surface area contributed by atoms with E-state index in [0.29, 0.717) is 5.78 Å². The van der Waals surface area contributed by atoms with Crippen LogP contribution in [0, 0.1) is 13.8 Å². The van der Waals surface area contributed by atoms with E-state index in [-0.39, 0.29) is 6.01 Å². The normalized spacial score (nSPS) is 11.0. The highest BCUT2D eigenvalue weighted by molar-refractivity contribution is 5.25. The van der Waals surface area contributed by atoms with Gasteiger partial charge in [-0.3, -0.25) is 0 Å². The molecular weight excluding hydrogens is 168 g/mol. The van der Waals surface area contributed by atoms with Gasteiger partial charge in [-0.2, -0.15) is 0 Å². The van der Waals surface area contributed by atoms with Crippen LogP contribution in [0.5, 0.6) is 6.01 Å². The maximum absolute atomic E-state index is 11.2. The number of aryl methyl sites for hydroxylation is 3. The van der Waals surface area contributed by atoms with Gasteiger partial charge in [0.2, 0.25) is 6.01 Å². The van der Waals surface area contributed by atoms with Gasteiger partial charge in [0, 0.05) is 6.07 Å². The summed E-state index contributed by atoms with van der Waals surface area (Å²) in [4.78, 5) is 4.22. The Hall–Kier alpha value is -1.65. The summed E-state index contributed by atoms with van der Waals surface area (Å²) in [6.45, 7) is 3.79. The number of fused-ring (bicyclic) bond motifs is 1. The molecule has 2 aromatic rings. The zero-order valence-electron chi connectivity index (χ0n) is 7.77. The monoisotopic (exact) mass is 178 g/mol. The molecule has 0 bridgehead atoms. The molecule has 0 radical (unpaired) electrons. The first-order valence-corrected chi connectivity index (χ1v) is 3.99. The summed E-state index contributed by atoms with van der Waals surface area (Å²) in [6, 6.07) is 1.61. The Labute approximate surface area is 75.3 Å². The molecule has 0 spiro atoms. The van der Waals surface area contributed by atoms with Crippen molar-refractivity contribution in [1.82, 2.24) is 14.6 Å². The molecule has 0 aliphatic rings. The highest BCUT2D eigenvalue weighted by atomic mass is 16.3. The second kappa shape index (κ2) is 2.42. The molecule has 2 rings (SSSR count). The van der Waals surface area contributed by atoms with Crippen molar-refractivity contribution < 1.29 is 9.67 Å². The van der Waals surface area contributed by atoms with E-state index in [9.17, 15) is 5.11 Å². The SMILES string of the molecule is Cc1cc(C)n2nc([O-])[n+](C)c2n1. The Morgan fingerprint density at radius 3 is 2.85 bits per heavy atom. The molecule has 0 saturated heterocycles. The van der Waals surface area contributed by atoms with Crippen LogP contribution in [-0.2, 0) is 7.05 Å². The van der Waals surface area contributed by atoms with Crippen LogP contribution in [-0.4, -0.2) is 14.6 Å². The lowest BCUT2D eigenvalue weighted by molar-refractivity contribution is -0.694. The highest BCUT2D eigenvalue weighted by Crippen LogP contribution is 2.03. The molecule has 0 atom stereocenters. The van der Waals surface area contributed by atoms with Crippen molar-refractivity contribution in [3.05, 3.63) is 17.5 Å². The fourth-order valence-electron chi connectivity index (χ4n) is 1.34. The zero-order valence-corrected chi connectivity index (χ0v) is 7.77. The fraction of sp³-hybridized carbons (Fsp3) is 0.375. The number of hydrogen-bond donors (Lipinski definition) is 0. The summed E-state index contributed by atoms with van der Waals surface area (Å²) < 4.78 is 2.98. The Morgan fingerprint density at radius 1 is 1.46 bits per heavy atom. The van der Waals surface area contributed by atoms with Gasteiger partial charge in [0.05, 0.1) is 7.05 Å². The molecule has 0 aliphatic heterocycles. The van der Waals surface area contributed by atoms with Crippen molar-refractivity contribution in [1.29, 1.82) is 0 Å². The lowest BCUT2D eigenvalue weighted by atomic mass is 10.4. The van der Waals surface area contributed by atoms with E-state index < -0.39 is 0 Å². The zero-order chi connectivity index (χ0) is 9.59. The molecule has 5 nitrogen and oxygen atoms in total. The first-order valence-electron chi connectivity index (χ1n) is 3.99. The third-order valence-electron chi connectivity index (χ3n) is 1.99. The van der Waals surface area contributed by atoms with Gasteiger partial charge < -0.3 is 5.11 Å². The number of rotatable bonds is 0. The number of nitrogens with zero attached hydrogens (tertiary/aromatic N) is 4. The van der Waals surface area contributed by atoms with Crippen LogP contribution in [0.25, 0.3) is 5.78 Å². The number of hydrogen-bond acceptors (Lipinski definition) is 3. The summed E-state index contributed by atoms with van der Waals surface area (Å²) in [5.74, 6) is 0.586. The van der Waals surface area contributed by atoms with Crippen LogP contribution in [0.1, 0.15) is 11.4 Å². The second-order valence-corrected chi connectivity index (χ2v) is 3.09. The molecule has 0 amide bonds. The molecule has 0 saturated carbocycles. The van der Waals surface area contributed by atoms with E-state index in [2.05, 4.69) is 10.1 Å². The molecule has 2 heterocycles. The summed E-state index contributed by atoms with van der Waals surface area (Å²) in [7, 11) is 1.66. The largest absolute Gasteiger partial charge is 0.825 e. The van der Waals surface area contributed by atoms with Crippen molar-refractivity contribution in [3.63, 3.8) is 0 Å². The van der Waals surface area contributed by atoms with Crippen molar-refractivity contribution in [3.8, 4) is 6.01 Å². The molecule has 5 heteroatoms. The molecular formula is C8H10N4O. The predicted molar refractivity (Wildman–Crippen MR) is 43.1 cm³/mol. The average Bonchev–Trinajstić information content (AvgIpc) is 2.32. The Kier molecular flexibility index (Phi) is 1.48. The minimum atomic E-state index is -0.277. The van der Waals surface area contributed by atoms with Gasteiger partial charge in [-0.1, -0.05) is 4.52 Å². The van der Waals surface area contributed by atoms with E-state index in [1.165, 1.54) is 4.57 Å². The van der Waals surface area contributed by atoms with Crippen LogP contribution in [0.4, 0.5) is 0 Å². The molecule has 13 heavy (non-hydrogen) atoms. The molecule has 0 N–H and O–H groups in total. The Balaban J connectivity index is 2.94. The topological polar surface area (TPSA) is 57.1 Å². The van der Waals surface area contributed by atoms with Crippen LogP contribution in [0.3, 0.4) is 0 Å². The molecule has 0 unspecified atom stereocenters. The summed E-state index contributed by atoms with van der Waals surface area (Å²) in [6.07, 6.45) is 0. The molecule has 0 aliphatic carbocycles. The smallest absolute Gasteiger partial charge is 0.386 e. The first-order chi connectivity index (χ1) is 6.09. The second-order valence-electron chi connectivity index (χ2n) is 3.09. The lowest BCUT2D eigenvalue weighted by Crippen LogP contribution is -2.31. The maximum Gasteiger partial charge on any atom is 0.386 e. The first kappa shape index (κ1) is 7.97. The fourth-order valence-corrected chi connectivity index (χ4v) is 1.34. The van der Waals surface area contributed by atoms with Crippen LogP contribution >= 0.6 is 0 Å². The summed E-state index contributed by atoms with van der Waals surface area (Å²) >= 11 is 0. The van der Waals surface area contributed by atoms with Gasteiger partial charge in [0.25, 0.3) is 0 Å². The van der Waals surface area contributed by atoms with E-state index in [4.69, 9.17) is 0 Å². The van der Waals surface area contributed by atoms with E-state index in [1.807, 2.05) is 19.9 Å². The summed E-state index contributed by atoms with van der Waals surface area (Å²) in [5, 5.41) is 15.0. The molecule has 68 valence electrons. The van der Waals surface area contributed by atoms with Gasteiger partial charge >= 0.3 is 5.78 Å². The van der Waals surface area contributed by atoms with Crippen LogP contribution < -0.4 is 9.67 Å².